The fraction of sp³-hybridized carbons (Fsp3) is 0.467. The highest BCUT2D eigenvalue weighted by molar-refractivity contribution is 5.92. The molecule has 1 aromatic carbocycles. The van der Waals surface area contributed by atoms with Crippen LogP contribution in [0.25, 0.3) is 0 Å². The predicted octanol–water partition coefficient (Wildman–Crippen LogP) is 1.39. The lowest BCUT2D eigenvalue weighted by atomic mass is 10.2. The van der Waals surface area contributed by atoms with E-state index in [1.807, 2.05) is 45.0 Å². The van der Waals surface area contributed by atoms with Gasteiger partial charge >= 0.3 is 0 Å². The number of rotatable bonds is 7. The van der Waals surface area contributed by atoms with E-state index in [2.05, 4.69) is 10.6 Å². The monoisotopic (exact) mass is 277 g/mol. The van der Waals surface area contributed by atoms with Crippen LogP contribution in [0.3, 0.4) is 0 Å². The summed E-state index contributed by atoms with van der Waals surface area (Å²) in [4.78, 5) is 25.2. The second-order valence-electron chi connectivity index (χ2n) is 4.59. The molecule has 0 saturated carbocycles. The van der Waals surface area contributed by atoms with Gasteiger partial charge in [-0.3, -0.25) is 14.9 Å². The smallest absolute Gasteiger partial charge is 0.238 e. The molecule has 1 aromatic rings. The van der Waals surface area contributed by atoms with Crippen molar-refractivity contribution in [3.05, 3.63) is 29.8 Å². The van der Waals surface area contributed by atoms with Crippen molar-refractivity contribution in [3.8, 4) is 0 Å². The molecule has 0 aliphatic rings. The Balaban J connectivity index is 2.32. The molecular weight excluding hydrogens is 254 g/mol. The molecule has 5 heteroatoms. The van der Waals surface area contributed by atoms with Crippen LogP contribution in [0.1, 0.15) is 19.4 Å². The number of benzene rings is 1. The number of carbonyl (C=O) groups is 2. The molecule has 0 fully saturated rings. The molecule has 0 saturated heterocycles. The summed E-state index contributed by atoms with van der Waals surface area (Å²) < 4.78 is 0. The van der Waals surface area contributed by atoms with E-state index in [0.29, 0.717) is 13.1 Å². The average molecular weight is 277 g/mol. The van der Waals surface area contributed by atoms with Gasteiger partial charge in [-0.25, -0.2) is 0 Å². The van der Waals surface area contributed by atoms with Crippen LogP contribution in [0.2, 0.25) is 0 Å². The second-order valence-corrected chi connectivity index (χ2v) is 4.59. The summed E-state index contributed by atoms with van der Waals surface area (Å²) in [6.07, 6.45) is 0. The molecule has 0 spiro atoms. The van der Waals surface area contributed by atoms with Crippen LogP contribution in [0.5, 0.6) is 0 Å². The summed E-state index contributed by atoms with van der Waals surface area (Å²) in [5.74, 6) is -0.138. The van der Waals surface area contributed by atoms with E-state index in [1.165, 1.54) is 0 Å². The second kappa shape index (κ2) is 8.32. The highest BCUT2D eigenvalue weighted by Crippen LogP contribution is 2.08. The van der Waals surface area contributed by atoms with Crippen molar-refractivity contribution in [1.29, 1.82) is 0 Å². The van der Waals surface area contributed by atoms with E-state index in [0.717, 1.165) is 11.3 Å². The van der Waals surface area contributed by atoms with Gasteiger partial charge in [-0.05, 0) is 38.5 Å². The SMILES string of the molecule is CCN(CC)C(=O)CNCC(=O)Nc1cccc(C)c1. The van der Waals surface area contributed by atoms with Crippen molar-refractivity contribution in [2.75, 3.05) is 31.5 Å². The van der Waals surface area contributed by atoms with Crippen molar-refractivity contribution in [1.82, 2.24) is 10.2 Å². The van der Waals surface area contributed by atoms with Crippen LogP contribution in [-0.4, -0.2) is 42.9 Å². The zero-order valence-electron chi connectivity index (χ0n) is 12.4. The van der Waals surface area contributed by atoms with Crippen molar-refractivity contribution in [2.45, 2.75) is 20.8 Å². The summed E-state index contributed by atoms with van der Waals surface area (Å²) in [6.45, 7) is 7.53. The topological polar surface area (TPSA) is 61.4 Å². The number of hydrogen-bond acceptors (Lipinski definition) is 3. The molecule has 0 bridgehead atoms. The van der Waals surface area contributed by atoms with Crippen LogP contribution in [0.4, 0.5) is 5.69 Å². The molecular formula is C15H23N3O2. The van der Waals surface area contributed by atoms with Crippen LogP contribution >= 0.6 is 0 Å². The Morgan fingerprint density at radius 3 is 2.45 bits per heavy atom. The summed E-state index contributed by atoms with van der Waals surface area (Å²) in [5, 5.41) is 5.65. The van der Waals surface area contributed by atoms with Gasteiger partial charge in [0.2, 0.25) is 11.8 Å². The molecule has 0 radical (unpaired) electrons. The van der Waals surface area contributed by atoms with Gasteiger partial charge in [0.15, 0.2) is 0 Å². The molecule has 2 N–H and O–H groups in total. The molecule has 0 heterocycles. The van der Waals surface area contributed by atoms with Crippen LogP contribution in [0, 0.1) is 6.92 Å². The summed E-state index contributed by atoms with van der Waals surface area (Å²) in [5.41, 5.74) is 1.86. The molecule has 1 rings (SSSR count). The number of anilines is 1. The van der Waals surface area contributed by atoms with E-state index < -0.39 is 0 Å². The van der Waals surface area contributed by atoms with Gasteiger partial charge < -0.3 is 10.2 Å². The molecule has 0 aliphatic carbocycles. The molecule has 0 aliphatic heterocycles. The number of amides is 2. The summed E-state index contributed by atoms with van der Waals surface area (Å²) >= 11 is 0. The van der Waals surface area contributed by atoms with Gasteiger partial charge in [0.1, 0.15) is 0 Å². The largest absolute Gasteiger partial charge is 0.342 e. The van der Waals surface area contributed by atoms with Gasteiger partial charge in [-0.2, -0.15) is 0 Å². The molecule has 0 aromatic heterocycles. The summed E-state index contributed by atoms with van der Waals surface area (Å²) in [6, 6.07) is 7.60. The number of carbonyl (C=O) groups excluding carboxylic acids is 2. The van der Waals surface area contributed by atoms with Gasteiger partial charge in [-0.15, -0.1) is 0 Å². The van der Waals surface area contributed by atoms with Crippen molar-refractivity contribution < 1.29 is 9.59 Å². The van der Waals surface area contributed by atoms with E-state index in [1.54, 1.807) is 4.90 Å². The zero-order valence-corrected chi connectivity index (χ0v) is 12.4. The Hall–Kier alpha value is -1.88. The molecule has 20 heavy (non-hydrogen) atoms. The Morgan fingerprint density at radius 1 is 1.15 bits per heavy atom. The maximum Gasteiger partial charge on any atom is 0.238 e. The number of likely N-dealkylation sites (N-methyl/N-ethyl adjacent to an activating group) is 1. The normalized spacial score (nSPS) is 10.2. The number of nitrogens with one attached hydrogen (secondary N) is 2. The van der Waals surface area contributed by atoms with Gasteiger partial charge in [0.05, 0.1) is 13.1 Å². The van der Waals surface area contributed by atoms with E-state index in [9.17, 15) is 9.59 Å². The third-order valence-electron chi connectivity index (χ3n) is 2.98. The first-order valence-electron chi connectivity index (χ1n) is 6.91. The van der Waals surface area contributed by atoms with Crippen molar-refractivity contribution in [2.24, 2.45) is 0 Å². The summed E-state index contributed by atoms with van der Waals surface area (Å²) in [7, 11) is 0. The molecule has 2 amide bonds. The standard InChI is InChI=1S/C15H23N3O2/c1-4-18(5-2)15(20)11-16-10-14(19)17-13-8-6-7-12(3)9-13/h6-9,16H,4-5,10-11H2,1-3H3,(H,17,19). The minimum absolute atomic E-state index is 0.0124. The van der Waals surface area contributed by atoms with Gasteiger partial charge in [0, 0.05) is 18.8 Å². The lowest BCUT2D eigenvalue weighted by Crippen LogP contribution is -2.40. The first-order valence-corrected chi connectivity index (χ1v) is 6.91. The Morgan fingerprint density at radius 2 is 1.85 bits per heavy atom. The van der Waals surface area contributed by atoms with E-state index in [-0.39, 0.29) is 24.9 Å². The first kappa shape index (κ1) is 16.2. The van der Waals surface area contributed by atoms with Crippen molar-refractivity contribution in [3.63, 3.8) is 0 Å². The quantitative estimate of drug-likeness (QED) is 0.792. The third kappa shape index (κ3) is 5.40. The molecule has 110 valence electrons. The van der Waals surface area contributed by atoms with Crippen LogP contribution in [-0.2, 0) is 9.59 Å². The Labute approximate surface area is 120 Å². The number of nitrogens with zero attached hydrogens (tertiary/aromatic N) is 1. The average Bonchev–Trinajstić information content (AvgIpc) is 2.40. The zero-order chi connectivity index (χ0) is 15.0. The van der Waals surface area contributed by atoms with Gasteiger partial charge in [0.25, 0.3) is 0 Å². The minimum atomic E-state index is -0.150. The predicted molar refractivity (Wildman–Crippen MR) is 80.6 cm³/mol. The third-order valence-corrected chi connectivity index (χ3v) is 2.98. The highest BCUT2D eigenvalue weighted by Gasteiger charge is 2.09. The van der Waals surface area contributed by atoms with E-state index in [4.69, 9.17) is 0 Å². The first-order chi connectivity index (χ1) is 9.56. The van der Waals surface area contributed by atoms with Crippen molar-refractivity contribution >= 4 is 17.5 Å². The molecule has 5 nitrogen and oxygen atoms in total. The maximum atomic E-state index is 11.7. The fourth-order valence-electron chi connectivity index (χ4n) is 1.90. The van der Waals surface area contributed by atoms with E-state index >= 15 is 0 Å². The lowest BCUT2D eigenvalue weighted by molar-refractivity contribution is -0.129. The lowest BCUT2D eigenvalue weighted by Gasteiger charge is -2.18. The van der Waals surface area contributed by atoms with Crippen LogP contribution < -0.4 is 10.6 Å². The van der Waals surface area contributed by atoms with Crippen LogP contribution in [0.15, 0.2) is 24.3 Å². The Bertz CT molecular complexity index is 456. The Kier molecular flexibility index (Phi) is 6.73. The number of aryl methyl sites for hydroxylation is 1. The van der Waals surface area contributed by atoms with Gasteiger partial charge in [-0.1, -0.05) is 12.1 Å². The highest BCUT2D eigenvalue weighted by atomic mass is 16.2. The molecule has 0 unspecified atom stereocenters. The number of hydrogen-bond donors (Lipinski definition) is 2. The maximum absolute atomic E-state index is 11.7. The molecule has 0 atom stereocenters. The fourth-order valence-corrected chi connectivity index (χ4v) is 1.90. The minimum Gasteiger partial charge on any atom is -0.342 e.